The molecular weight excluding hydrogens is 785 g/mol. The molecule has 12 rings (SSSR count). The van der Waals surface area contributed by atoms with E-state index in [2.05, 4.69) is 266 Å². The van der Waals surface area contributed by atoms with Crippen molar-refractivity contribution in [3.63, 3.8) is 0 Å². The fraction of sp³-hybridized carbons (Fsp3) is 0.0476. The van der Waals surface area contributed by atoms with Gasteiger partial charge in [-0.15, -0.1) is 0 Å². The third kappa shape index (κ3) is 6.49. The Morgan fingerprint density at radius 2 is 0.800 bits per heavy atom. The van der Waals surface area contributed by atoms with Crippen LogP contribution in [0, 0.1) is 0 Å². The first kappa shape index (κ1) is 38.5. The summed E-state index contributed by atoms with van der Waals surface area (Å²) >= 11 is 0. The van der Waals surface area contributed by atoms with E-state index in [1.165, 1.54) is 83.0 Å². The monoisotopic (exact) mass is 830 g/mol. The highest BCUT2D eigenvalue weighted by Crippen LogP contribution is 2.52. The van der Waals surface area contributed by atoms with Crippen LogP contribution in [0.25, 0.3) is 83.1 Å². The van der Waals surface area contributed by atoms with E-state index in [9.17, 15) is 0 Å². The molecule has 0 saturated carbocycles. The minimum Gasteiger partial charge on any atom is -0.310 e. The maximum absolute atomic E-state index is 2.48. The molecule has 0 N–H and O–H groups in total. The van der Waals surface area contributed by atoms with Crippen LogP contribution in [0.1, 0.15) is 25.0 Å². The maximum atomic E-state index is 2.48. The van der Waals surface area contributed by atoms with E-state index in [1.807, 2.05) is 0 Å². The van der Waals surface area contributed by atoms with Crippen LogP contribution in [0.2, 0.25) is 0 Å². The van der Waals surface area contributed by atoms with Gasteiger partial charge in [-0.25, -0.2) is 0 Å². The van der Waals surface area contributed by atoms with Gasteiger partial charge in [0.25, 0.3) is 0 Å². The zero-order valence-corrected chi connectivity index (χ0v) is 36.5. The fourth-order valence-corrected chi connectivity index (χ4v) is 10.4. The first-order chi connectivity index (χ1) is 32.0. The summed E-state index contributed by atoms with van der Waals surface area (Å²) in [7, 11) is 0. The summed E-state index contributed by atoms with van der Waals surface area (Å²) in [6.07, 6.45) is 0. The summed E-state index contributed by atoms with van der Waals surface area (Å²) in [5.74, 6) is 0. The van der Waals surface area contributed by atoms with Gasteiger partial charge in [-0.3, -0.25) is 0 Å². The van der Waals surface area contributed by atoms with Crippen LogP contribution in [0.4, 0.5) is 17.1 Å². The van der Waals surface area contributed by atoms with Gasteiger partial charge in [0.05, 0.1) is 16.7 Å². The van der Waals surface area contributed by atoms with E-state index in [0.717, 1.165) is 28.3 Å². The molecule has 1 aliphatic carbocycles. The Hall–Kier alpha value is -8.20. The van der Waals surface area contributed by atoms with Crippen LogP contribution in [-0.4, -0.2) is 4.57 Å². The normalized spacial score (nSPS) is 12.6. The average Bonchev–Trinajstić information content (AvgIpc) is 3.83. The topological polar surface area (TPSA) is 8.17 Å². The number of fused-ring (bicyclic) bond motifs is 6. The first-order valence-corrected chi connectivity index (χ1v) is 22.6. The molecular formula is C63H46N2. The van der Waals surface area contributed by atoms with E-state index in [4.69, 9.17) is 0 Å². The van der Waals surface area contributed by atoms with Crippen LogP contribution in [0.15, 0.2) is 243 Å². The molecule has 65 heavy (non-hydrogen) atoms. The number of rotatable bonds is 8. The largest absolute Gasteiger partial charge is 0.310 e. The van der Waals surface area contributed by atoms with Crippen molar-refractivity contribution in [2.75, 3.05) is 4.90 Å². The number of hydrogen-bond donors (Lipinski definition) is 0. The standard InChI is InChI=1S/C63H46N2/c1-63(2)58-41-48(44-19-8-4-9-20-44)35-39-54(58)55-40-38-51(42-59(55)63)64(49-21-10-5-11-22-49)50-36-33-46(34-37-50)52-23-12-14-27-60(52)65-61-28-15-13-24-56(61)57-26-16-25-53(62(57)65)47-31-29-45(30-32-47)43-17-6-3-7-18-43/h3-42H,1-2H3. The third-order valence-electron chi connectivity index (χ3n) is 13.6. The summed E-state index contributed by atoms with van der Waals surface area (Å²) in [4.78, 5) is 2.40. The molecule has 0 atom stereocenters. The second kappa shape index (κ2) is 15.6. The molecule has 1 aliphatic rings. The molecule has 0 unspecified atom stereocenters. The number of benzene rings is 10. The van der Waals surface area contributed by atoms with Gasteiger partial charge >= 0.3 is 0 Å². The Morgan fingerprint density at radius 1 is 0.323 bits per heavy atom. The van der Waals surface area contributed by atoms with Gasteiger partial charge in [0, 0.05) is 44.4 Å². The molecule has 1 aromatic heterocycles. The SMILES string of the molecule is CC1(C)c2cc(-c3ccccc3)ccc2-c2ccc(N(c3ccccc3)c3ccc(-c4ccccc4-n4c5ccccc5c5cccc(-c6ccc(-c7ccccc7)cc6)c54)cc3)cc21. The number of hydrogen-bond acceptors (Lipinski definition) is 1. The quantitative estimate of drug-likeness (QED) is 0.148. The van der Waals surface area contributed by atoms with Crippen LogP contribution in [0.5, 0.6) is 0 Å². The lowest BCUT2D eigenvalue weighted by Crippen LogP contribution is -2.16. The van der Waals surface area contributed by atoms with Gasteiger partial charge in [-0.1, -0.05) is 202 Å². The molecule has 1 heterocycles. The van der Waals surface area contributed by atoms with Crippen LogP contribution < -0.4 is 4.90 Å². The van der Waals surface area contributed by atoms with Crippen molar-refractivity contribution in [2.45, 2.75) is 19.3 Å². The van der Waals surface area contributed by atoms with Crippen molar-refractivity contribution >= 4 is 38.9 Å². The lowest BCUT2D eigenvalue weighted by Gasteiger charge is -2.28. The molecule has 11 aromatic rings. The molecule has 308 valence electrons. The molecule has 0 amide bonds. The van der Waals surface area contributed by atoms with Gasteiger partial charge in [0.1, 0.15) is 0 Å². The summed E-state index contributed by atoms with van der Waals surface area (Å²) in [5.41, 5.74) is 21.8. The molecule has 0 bridgehead atoms. The highest BCUT2D eigenvalue weighted by atomic mass is 15.1. The minimum atomic E-state index is -0.167. The summed E-state index contributed by atoms with van der Waals surface area (Å²) in [5, 5.41) is 2.48. The number of aromatic nitrogens is 1. The third-order valence-corrected chi connectivity index (χ3v) is 13.6. The Balaban J connectivity index is 0.946. The van der Waals surface area contributed by atoms with Gasteiger partial charge in [0.15, 0.2) is 0 Å². The van der Waals surface area contributed by atoms with Crippen molar-refractivity contribution in [2.24, 2.45) is 0 Å². The second-order valence-corrected chi connectivity index (χ2v) is 17.7. The summed E-state index contributed by atoms with van der Waals surface area (Å²) in [6.45, 7) is 4.74. The van der Waals surface area contributed by atoms with Gasteiger partial charge in [0.2, 0.25) is 0 Å². The van der Waals surface area contributed by atoms with Crippen LogP contribution in [-0.2, 0) is 5.41 Å². The average molecular weight is 831 g/mol. The van der Waals surface area contributed by atoms with E-state index in [1.54, 1.807) is 0 Å². The van der Waals surface area contributed by atoms with Gasteiger partial charge in [-0.2, -0.15) is 0 Å². The molecule has 0 aliphatic heterocycles. The molecule has 0 spiro atoms. The van der Waals surface area contributed by atoms with Gasteiger partial charge < -0.3 is 9.47 Å². The zero-order valence-electron chi connectivity index (χ0n) is 36.5. The van der Waals surface area contributed by atoms with E-state index in [-0.39, 0.29) is 5.41 Å². The van der Waals surface area contributed by atoms with E-state index < -0.39 is 0 Å². The highest BCUT2D eigenvalue weighted by Gasteiger charge is 2.36. The first-order valence-electron chi connectivity index (χ1n) is 22.6. The maximum Gasteiger partial charge on any atom is 0.0619 e. The lowest BCUT2D eigenvalue weighted by molar-refractivity contribution is 0.660. The highest BCUT2D eigenvalue weighted by molar-refractivity contribution is 6.14. The van der Waals surface area contributed by atoms with Crippen molar-refractivity contribution < 1.29 is 0 Å². The molecule has 2 nitrogen and oxygen atoms in total. The molecule has 10 aromatic carbocycles. The van der Waals surface area contributed by atoms with Crippen molar-refractivity contribution in [1.29, 1.82) is 0 Å². The van der Waals surface area contributed by atoms with Crippen molar-refractivity contribution in [1.82, 2.24) is 4.57 Å². The smallest absolute Gasteiger partial charge is 0.0619 e. The van der Waals surface area contributed by atoms with Crippen molar-refractivity contribution in [3.8, 4) is 61.3 Å². The van der Waals surface area contributed by atoms with Crippen LogP contribution >= 0.6 is 0 Å². The Kier molecular flexibility index (Phi) is 9.21. The van der Waals surface area contributed by atoms with Crippen LogP contribution in [0.3, 0.4) is 0 Å². The fourth-order valence-electron chi connectivity index (χ4n) is 10.4. The molecule has 0 saturated heterocycles. The second-order valence-electron chi connectivity index (χ2n) is 17.7. The summed E-state index contributed by atoms with van der Waals surface area (Å²) < 4.78 is 2.48. The molecule has 0 fully saturated rings. The van der Waals surface area contributed by atoms with Crippen molar-refractivity contribution in [3.05, 3.63) is 254 Å². The Morgan fingerprint density at radius 3 is 1.54 bits per heavy atom. The number of para-hydroxylation sites is 4. The number of nitrogens with zero attached hydrogens (tertiary/aromatic N) is 2. The lowest BCUT2D eigenvalue weighted by atomic mass is 9.81. The number of anilines is 3. The Labute approximate surface area is 381 Å². The molecule has 0 radical (unpaired) electrons. The van der Waals surface area contributed by atoms with E-state index in [0.29, 0.717) is 0 Å². The van der Waals surface area contributed by atoms with E-state index >= 15 is 0 Å². The summed E-state index contributed by atoms with van der Waals surface area (Å²) in [6, 6.07) is 88.7. The minimum absolute atomic E-state index is 0.167. The zero-order chi connectivity index (χ0) is 43.5. The predicted octanol–water partition coefficient (Wildman–Crippen LogP) is 17.2. The molecule has 2 heteroatoms. The van der Waals surface area contributed by atoms with Gasteiger partial charge in [-0.05, 0) is 110 Å². The Bertz CT molecular complexity index is 3530. The predicted molar refractivity (Wildman–Crippen MR) is 275 cm³/mol.